The predicted octanol–water partition coefficient (Wildman–Crippen LogP) is 4.25. The van der Waals surface area contributed by atoms with Crippen LogP contribution < -0.4 is 0 Å². The summed E-state index contributed by atoms with van der Waals surface area (Å²) in [6.45, 7) is 9.58. The van der Waals surface area contributed by atoms with Crippen molar-refractivity contribution in [2.75, 3.05) is 0 Å². The number of aryl methyl sites for hydroxylation is 3. The van der Waals surface area contributed by atoms with Crippen molar-refractivity contribution in [1.29, 1.82) is 0 Å². The van der Waals surface area contributed by atoms with E-state index in [-0.39, 0.29) is 5.82 Å². The number of halogens is 1. The first-order valence-corrected chi connectivity index (χ1v) is 6.07. The average molecular weight is 248 g/mol. The summed E-state index contributed by atoms with van der Waals surface area (Å²) in [5.74, 6) is 0.706. The molecule has 0 fully saturated rings. The lowest BCUT2D eigenvalue weighted by atomic mass is 10.2. The first-order valence-electron chi connectivity index (χ1n) is 6.07. The molecule has 2 aromatic rings. The summed E-state index contributed by atoms with van der Waals surface area (Å²) in [5.41, 5.74) is 1.73. The summed E-state index contributed by atoms with van der Waals surface area (Å²) in [6.07, 6.45) is 1.76. The van der Waals surface area contributed by atoms with E-state index in [1.165, 1.54) is 6.07 Å². The zero-order valence-electron chi connectivity index (χ0n) is 11.7. The molecule has 0 aliphatic heterocycles. The van der Waals surface area contributed by atoms with Crippen molar-refractivity contribution < 1.29 is 4.39 Å². The molecule has 0 saturated heterocycles. The van der Waals surface area contributed by atoms with Gasteiger partial charge in [-0.15, -0.1) is 0 Å². The van der Waals surface area contributed by atoms with Gasteiger partial charge in [0, 0.05) is 11.9 Å². The smallest absolute Gasteiger partial charge is 0.126 e. The van der Waals surface area contributed by atoms with E-state index in [2.05, 4.69) is 9.97 Å². The highest BCUT2D eigenvalue weighted by molar-refractivity contribution is 5.14. The lowest BCUT2D eigenvalue weighted by Gasteiger charge is -1.89. The van der Waals surface area contributed by atoms with Gasteiger partial charge in [-0.05, 0) is 38.5 Å². The highest BCUT2D eigenvalue weighted by atomic mass is 19.1. The molecule has 0 atom stereocenters. The Kier molecular flexibility index (Phi) is 8.37. The van der Waals surface area contributed by atoms with Gasteiger partial charge < -0.3 is 0 Å². The Balaban J connectivity index is 0.000000283. The monoisotopic (exact) mass is 248 g/mol. The van der Waals surface area contributed by atoms with Crippen LogP contribution in [0.1, 0.15) is 30.9 Å². The molecule has 0 unspecified atom stereocenters. The summed E-state index contributed by atoms with van der Waals surface area (Å²) < 4.78 is 12.3. The molecule has 2 rings (SSSR count). The van der Waals surface area contributed by atoms with Crippen LogP contribution in [0.4, 0.5) is 4.39 Å². The molecule has 0 spiro atoms. The van der Waals surface area contributed by atoms with E-state index < -0.39 is 0 Å². The summed E-state index contributed by atoms with van der Waals surface area (Å²) in [4.78, 5) is 7.99. The molecule has 0 amide bonds. The highest BCUT2D eigenvalue weighted by Gasteiger charge is 1.88. The van der Waals surface area contributed by atoms with Crippen LogP contribution >= 0.6 is 0 Å². The van der Waals surface area contributed by atoms with Crippen molar-refractivity contribution in [1.82, 2.24) is 9.97 Å². The quantitative estimate of drug-likeness (QED) is 0.696. The molecule has 0 radical (unpaired) electrons. The van der Waals surface area contributed by atoms with Gasteiger partial charge in [-0.1, -0.05) is 32.0 Å². The van der Waals surface area contributed by atoms with Gasteiger partial charge in [0.1, 0.15) is 11.6 Å². The summed E-state index contributed by atoms with van der Waals surface area (Å²) in [7, 11) is 0. The van der Waals surface area contributed by atoms with E-state index in [0.29, 0.717) is 5.56 Å². The van der Waals surface area contributed by atoms with E-state index in [0.717, 1.165) is 11.5 Å². The Morgan fingerprint density at radius 2 is 1.56 bits per heavy atom. The topological polar surface area (TPSA) is 25.8 Å². The number of hydrogen-bond donors (Lipinski definition) is 0. The molecule has 1 aromatic heterocycles. The lowest BCUT2D eigenvalue weighted by molar-refractivity contribution is 0.618. The third kappa shape index (κ3) is 6.74. The van der Waals surface area contributed by atoms with E-state index in [4.69, 9.17) is 0 Å². The van der Waals surface area contributed by atoms with Crippen LogP contribution in [0.15, 0.2) is 36.5 Å². The molecule has 3 heteroatoms. The van der Waals surface area contributed by atoms with Gasteiger partial charge in [0.05, 0.1) is 0 Å². The van der Waals surface area contributed by atoms with E-state index in [1.54, 1.807) is 25.3 Å². The van der Waals surface area contributed by atoms with E-state index in [1.807, 2.05) is 39.8 Å². The molecule has 0 saturated carbocycles. The van der Waals surface area contributed by atoms with Crippen LogP contribution in [0.25, 0.3) is 0 Å². The van der Waals surface area contributed by atoms with Crippen LogP contribution in [0.2, 0.25) is 0 Å². The summed E-state index contributed by atoms with van der Waals surface area (Å²) in [5, 5.41) is 0. The average Bonchev–Trinajstić information content (AvgIpc) is 2.36. The van der Waals surface area contributed by atoms with Crippen molar-refractivity contribution in [2.24, 2.45) is 0 Å². The second kappa shape index (κ2) is 9.28. The third-order valence-electron chi connectivity index (χ3n) is 1.99. The van der Waals surface area contributed by atoms with Crippen LogP contribution in [0.3, 0.4) is 0 Å². The fourth-order valence-corrected chi connectivity index (χ4v) is 1.13. The van der Waals surface area contributed by atoms with Gasteiger partial charge in [-0.25, -0.2) is 14.4 Å². The van der Waals surface area contributed by atoms with Crippen molar-refractivity contribution in [3.63, 3.8) is 0 Å². The van der Waals surface area contributed by atoms with Gasteiger partial charge >= 0.3 is 0 Å². The van der Waals surface area contributed by atoms with Gasteiger partial charge in [0.25, 0.3) is 0 Å². The Hall–Kier alpha value is -1.77. The standard InChI is InChI=1S/C7H7F.C6H8N2.C2H6/c1-6-4-2-3-5-7(6)8;1-5-3-4-7-6(2)8-5;1-2/h2-5H,1H3;3-4H,1-2H3;1-2H3. The number of rotatable bonds is 0. The van der Waals surface area contributed by atoms with Crippen molar-refractivity contribution >= 4 is 0 Å². The molecule has 0 aliphatic carbocycles. The maximum atomic E-state index is 12.3. The molecular formula is C15H21FN2. The fraction of sp³-hybridized carbons (Fsp3) is 0.333. The third-order valence-corrected chi connectivity index (χ3v) is 1.99. The maximum Gasteiger partial charge on any atom is 0.126 e. The Labute approximate surface area is 109 Å². The normalized spacial score (nSPS) is 8.56. The zero-order chi connectivity index (χ0) is 14.0. The number of aromatic nitrogens is 2. The largest absolute Gasteiger partial charge is 0.242 e. The zero-order valence-corrected chi connectivity index (χ0v) is 11.7. The first kappa shape index (κ1) is 16.2. The predicted molar refractivity (Wildman–Crippen MR) is 74.0 cm³/mol. The van der Waals surface area contributed by atoms with Crippen LogP contribution in [0, 0.1) is 26.6 Å². The second-order valence-electron chi connectivity index (χ2n) is 3.49. The SMILES string of the molecule is CC.Cc1ccccc1F.Cc1ccnc(C)n1. The number of nitrogens with zero attached hydrogens (tertiary/aromatic N) is 2. The van der Waals surface area contributed by atoms with Crippen LogP contribution in [0.5, 0.6) is 0 Å². The Morgan fingerprint density at radius 3 is 1.89 bits per heavy atom. The molecule has 2 nitrogen and oxygen atoms in total. The number of hydrogen-bond acceptors (Lipinski definition) is 2. The fourth-order valence-electron chi connectivity index (χ4n) is 1.13. The van der Waals surface area contributed by atoms with Crippen molar-refractivity contribution in [2.45, 2.75) is 34.6 Å². The minimum absolute atomic E-state index is 0.132. The van der Waals surface area contributed by atoms with Crippen molar-refractivity contribution in [3.8, 4) is 0 Å². The molecule has 0 bridgehead atoms. The first-order chi connectivity index (χ1) is 8.59. The molecule has 0 aliphatic rings. The minimum atomic E-state index is -0.132. The van der Waals surface area contributed by atoms with E-state index in [9.17, 15) is 4.39 Å². The van der Waals surface area contributed by atoms with Gasteiger partial charge in [0.15, 0.2) is 0 Å². The van der Waals surface area contributed by atoms with Crippen molar-refractivity contribution in [3.05, 3.63) is 59.4 Å². The lowest BCUT2D eigenvalue weighted by Crippen LogP contribution is -1.86. The van der Waals surface area contributed by atoms with Gasteiger partial charge in [-0.2, -0.15) is 0 Å². The Bertz CT molecular complexity index is 418. The van der Waals surface area contributed by atoms with Gasteiger partial charge in [0.2, 0.25) is 0 Å². The molecule has 18 heavy (non-hydrogen) atoms. The Morgan fingerprint density at radius 1 is 0.944 bits per heavy atom. The maximum absolute atomic E-state index is 12.3. The van der Waals surface area contributed by atoms with Crippen LogP contribution in [-0.4, -0.2) is 9.97 Å². The molecule has 1 heterocycles. The molecule has 1 aromatic carbocycles. The second-order valence-corrected chi connectivity index (χ2v) is 3.49. The number of benzene rings is 1. The molecule has 98 valence electrons. The van der Waals surface area contributed by atoms with Gasteiger partial charge in [-0.3, -0.25) is 0 Å². The minimum Gasteiger partial charge on any atom is -0.242 e. The summed E-state index contributed by atoms with van der Waals surface area (Å²) >= 11 is 0. The van der Waals surface area contributed by atoms with E-state index >= 15 is 0 Å². The molecular weight excluding hydrogens is 227 g/mol. The summed E-state index contributed by atoms with van der Waals surface area (Å²) in [6, 6.07) is 8.58. The van der Waals surface area contributed by atoms with Crippen LogP contribution in [-0.2, 0) is 0 Å². The highest BCUT2D eigenvalue weighted by Crippen LogP contribution is 2.02. The molecule has 0 N–H and O–H groups in total.